The van der Waals surface area contributed by atoms with Crippen LogP contribution >= 0.6 is 0 Å². The maximum Gasteiger partial charge on any atom is 0.196 e. The predicted octanol–water partition coefficient (Wildman–Crippen LogP) is 14.9. The van der Waals surface area contributed by atoms with Gasteiger partial charge in [0.1, 0.15) is 0 Å². The van der Waals surface area contributed by atoms with Gasteiger partial charge in [0.2, 0.25) is 0 Å². The number of fused-ring (bicyclic) bond motifs is 4. The molecule has 0 aliphatic rings. The number of nitrogens with zero attached hydrogens (tertiary/aromatic N) is 2. The van der Waals surface area contributed by atoms with Crippen molar-refractivity contribution in [2.24, 2.45) is 0 Å². The highest BCUT2D eigenvalue weighted by molar-refractivity contribution is 6.34. The van der Waals surface area contributed by atoms with Gasteiger partial charge < -0.3 is 9.47 Å². The Morgan fingerprint density at radius 2 is 1.02 bits per heavy atom. The summed E-state index contributed by atoms with van der Waals surface area (Å²) in [6, 6.07) is 62.7. The summed E-state index contributed by atoms with van der Waals surface area (Å²) >= 11 is 0. The second kappa shape index (κ2) is 12.9. The Morgan fingerprint density at radius 1 is 0.386 bits per heavy atom. The fourth-order valence-corrected chi connectivity index (χ4v) is 8.78. The van der Waals surface area contributed by atoms with Crippen LogP contribution < -0.4 is 4.90 Å². The van der Waals surface area contributed by atoms with Crippen LogP contribution in [0.25, 0.3) is 82.1 Å². The summed E-state index contributed by atoms with van der Waals surface area (Å²) in [5, 5.41) is 9.48. The lowest BCUT2D eigenvalue weighted by Crippen LogP contribution is -2.13. The summed E-state index contributed by atoms with van der Waals surface area (Å²) in [5.41, 5.74) is 8.96. The van der Waals surface area contributed by atoms with Crippen molar-refractivity contribution < 1.29 is 13.2 Å². The van der Waals surface area contributed by atoms with Gasteiger partial charge in [-0.25, -0.2) is 13.2 Å². The van der Waals surface area contributed by atoms with Crippen LogP contribution in [0.5, 0.6) is 0 Å². The number of aromatic nitrogens is 1. The summed E-state index contributed by atoms with van der Waals surface area (Å²) in [7, 11) is 0. The lowest BCUT2D eigenvalue weighted by Gasteiger charge is -2.26. The fourth-order valence-electron chi connectivity index (χ4n) is 8.78. The van der Waals surface area contributed by atoms with Gasteiger partial charge in [0.25, 0.3) is 0 Å². The van der Waals surface area contributed by atoms with E-state index in [4.69, 9.17) is 0 Å². The Morgan fingerprint density at radius 3 is 1.79 bits per heavy atom. The smallest absolute Gasteiger partial charge is 0.196 e. The lowest BCUT2D eigenvalue weighted by atomic mass is 9.88. The molecule has 5 heteroatoms. The molecule has 0 radical (unpaired) electrons. The van der Waals surface area contributed by atoms with Crippen molar-refractivity contribution in [2.45, 2.75) is 0 Å². The predicted molar refractivity (Wildman–Crippen MR) is 230 cm³/mol. The Hall–Kier alpha value is -7.37. The SMILES string of the molecule is Fc1ccc(N(c2ccccc2)c2ccc(-c3ccc4ccc5c6c(ccc3c46)cc3c5c4cc(-c5ccccc5)ccc4n3-c3ccccc3)cc2)c(F)c1F. The molecule has 0 bridgehead atoms. The number of rotatable bonds is 6. The van der Waals surface area contributed by atoms with Crippen LogP contribution in [0, 0.1) is 17.5 Å². The van der Waals surface area contributed by atoms with Gasteiger partial charge in [-0.2, -0.15) is 0 Å². The van der Waals surface area contributed by atoms with Crippen LogP contribution in [0.15, 0.2) is 188 Å². The highest BCUT2D eigenvalue weighted by atomic mass is 19.2. The molecule has 1 aromatic heterocycles. The van der Waals surface area contributed by atoms with Crippen molar-refractivity contribution in [3.05, 3.63) is 206 Å². The topological polar surface area (TPSA) is 8.17 Å². The standard InChI is InChI=1S/C52H31F3N2/c53-44-27-29-46(52(55)51(44)54)56(37-12-6-2-7-13-37)39-22-16-33(17-23-39)40-24-18-34-19-26-42-49-36(20-25-41(40)48(34)49)31-47-50(42)43-30-35(32-10-4-1-5-11-32)21-28-45(43)57(47)38-14-8-3-9-15-38/h1-31H. The average molecular weight is 741 g/mol. The molecule has 0 unspecified atom stereocenters. The van der Waals surface area contributed by atoms with E-state index in [-0.39, 0.29) is 5.69 Å². The number of hydrogen-bond donors (Lipinski definition) is 0. The Labute approximate surface area is 326 Å². The van der Waals surface area contributed by atoms with E-state index < -0.39 is 17.5 Å². The molecule has 0 fully saturated rings. The van der Waals surface area contributed by atoms with Gasteiger partial charge in [0, 0.05) is 27.8 Å². The van der Waals surface area contributed by atoms with Crippen molar-refractivity contribution >= 4 is 71.2 Å². The zero-order chi connectivity index (χ0) is 38.2. The molecule has 10 aromatic carbocycles. The van der Waals surface area contributed by atoms with Crippen molar-refractivity contribution in [3.8, 4) is 27.9 Å². The zero-order valence-electron chi connectivity index (χ0n) is 30.4. The van der Waals surface area contributed by atoms with Gasteiger partial charge in [-0.3, -0.25) is 0 Å². The van der Waals surface area contributed by atoms with Crippen LogP contribution in [0.2, 0.25) is 0 Å². The third kappa shape index (κ3) is 5.13. The summed E-state index contributed by atoms with van der Waals surface area (Å²) in [6.45, 7) is 0. The van der Waals surface area contributed by atoms with Crippen molar-refractivity contribution in [1.29, 1.82) is 0 Å². The molecule has 0 N–H and O–H groups in total. The fraction of sp³-hybridized carbons (Fsp3) is 0. The summed E-state index contributed by atoms with van der Waals surface area (Å²) in [4.78, 5) is 1.60. The van der Waals surface area contributed by atoms with E-state index in [1.165, 1.54) is 49.5 Å². The second-order valence-corrected chi connectivity index (χ2v) is 14.5. The molecule has 0 saturated carbocycles. The van der Waals surface area contributed by atoms with Crippen LogP contribution in [-0.2, 0) is 0 Å². The van der Waals surface area contributed by atoms with Gasteiger partial charge in [-0.1, -0.05) is 121 Å². The Balaban J connectivity index is 1.11. The van der Waals surface area contributed by atoms with E-state index in [9.17, 15) is 8.78 Å². The molecule has 2 nitrogen and oxygen atoms in total. The molecule has 0 amide bonds. The number of para-hydroxylation sites is 2. The zero-order valence-corrected chi connectivity index (χ0v) is 30.4. The largest absolute Gasteiger partial charge is 0.309 e. The summed E-state index contributed by atoms with van der Waals surface area (Å²) in [6.07, 6.45) is 0. The van der Waals surface area contributed by atoms with Crippen LogP contribution in [0.1, 0.15) is 0 Å². The third-order valence-electron chi connectivity index (χ3n) is 11.3. The third-order valence-corrected chi connectivity index (χ3v) is 11.3. The first kappa shape index (κ1) is 33.0. The quantitative estimate of drug-likeness (QED) is 0.122. The maximum atomic E-state index is 15.3. The highest BCUT2D eigenvalue weighted by Crippen LogP contribution is 2.46. The van der Waals surface area contributed by atoms with E-state index in [2.05, 4.69) is 120 Å². The minimum Gasteiger partial charge on any atom is -0.309 e. The van der Waals surface area contributed by atoms with Gasteiger partial charge >= 0.3 is 0 Å². The molecule has 1 heterocycles. The van der Waals surface area contributed by atoms with Gasteiger partial charge in [0.05, 0.1) is 16.7 Å². The maximum absolute atomic E-state index is 15.3. The molecule has 0 atom stereocenters. The normalized spacial score (nSPS) is 11.8. The second-order valence-electron chi connectivity index (χ2n) is 14.5. The summed E-state index contributed by atoms with van der Waals surface area (Å²) < 4.78 is 46.2. The van der Waals surface area contributed by atoms with Crippen LogP contribution in [0.4, 0.5) is 30.2 Å². The summed E-state index contributed by atoms with van der Waals surface area (Å²) in [5.74, 6) is -3.97. The first-order chi connectivity index (χ1) is 28.0. The molecule has 0 aliphatic heterocycles. The molecular weight excluding hydrogens is 710 g/mol. The lowest BCUT2D eigenvalue weighted by molar-refractivity contribution is 0.448. The average Bonchev–Trinajstić information content (AvgIpc) is 3.60. The molecule has 11 aromatic rings. The molecule has 11 rings (SSSR count). The first-order valence-corrected chi connectivity index (χ1v) is 18.9. The van der Waals surface area contributed by atoms with Crippen LogP contribution in [0.3, 0.4) is 0 Å². The number of anilines is 3. The number of hydrogen-bond acceptors (Lipinski definition) is 1. The minimum atomic E-state index is -1.50. The number of benzene rings is 10. The molecule has 57 heavy (non-hydrogen) atoms. The van der Waals surface area contributed by atoms with Gasteiger partial charge in [-0.05, 0) is 121 Å². The van der Waals surface area contributed by atoms with Gasteiger partial charge in [0.15, 0.2) is 17.5 Å². The van der Waals surface area contributed by atoms with Crippen molar-refractivity contribution in [2.75, 3.05) is 4.90 Å². The van der Waals surface area contributed by atoms with Crippen molar-refractivity contribution in [1.82, 2.24) is 4.57 Å². The van der Waals surface area contributed by atoms with Crippen molar-refractivity contribution in [3.63, 3.8) is 0 Å². The molecule has 0 aliphatic carbocycles. The van der Waals surface area contributed by atoms with E-state index >= 15 is 4.39 Å². The monoisotopic (exact) mass is 740 g/mol. The Bertz CT molecular complexity index is 3300. The van der Waals surface area contributed by atoms with E-state index in [0.717, 1.165) is 44.7 Å². The van der Waals surface area contributed by atoms with E-state index in [1.807, 2.05) is 60.7 Å². The first-order valence-electron chi connectivity index (χ1n) is 18.9. The van der Waals surface area contributed by atoms with Gasteiger partial charge in [-0.15, -0.1) is 0 Å². The minimum absolute atomic E-state index is 0.0774. The highest BCUT2D eigenvalue weighted by Gasteiger charge is 2.23. The molecule has 270 valence electrons. The molecular formula is C52H31F3N2. The van der Waals surface area contributed by atoms with E-state index in [1.54, 1.807) is 4.90 Å². The molecule has 0 spiro atoms. The Kier molecular flexibility index (Phi) is 7.45. The van der Waals surface area contributed by atoms with Crippen LogP contribution in [-0.4, -0.2) is 4.57 Å². The number of halogens is 3. The molecule has 0 saturated heterocycles. The van der Waals surface area contributed by atoms with E-state index in [0.29, 0.717) is 11.4 Å².